The number of nitrogens with zero attached hydrogens (tertiary/aromatic N) is 3. The molecule has 2 aromatic rings. The smallest absolute Gasteiger partial charge is 0.230 e. The van der Waals surface area contributed by atoms with Gasteiger partial charge in [0.15, 0.2) is 0 Å². The molecule has 0 spiro atoms. The Morgan fingerprint density at radius 3 is 2.86 bits per heavy atom. The highest BCUT2D eigenvalue weighted by atomic mass is 19.1. The van der Waals surface area contributed by atoms with E-state index in [0.29, 0.717) is 18.9 Å². The van der Waals surface area contributed by atoms with Crippen molar-refractivity contribution in [1.29, 1.82) is 0 Å². The summed E-state index contributed by atoms with van der Waals surface area (Å²) < 4.78 is 13.0. The topological polar surface area (TPSA) is 61.9 Å². The Morgan fingerprint density at radius 1 is 1.43 bits per heavy atom. The maximum Gasteiger partial charge on any atom is 0.230 e. The molecule has 0 bridgehead atoms. The number of nitrogens with one attached hydrogen (secondary N) is 1. The number of H-pyrrole nitrogens is 1. The number of amides is 1. The highest BCUT2D eigenvalue weighted by molar-refractivity contribution is 5.78. The van der Waals surface area contributed by atoms with Gasteiger partial charge in [0, 0.05) is 18.5 Å². The van der Waals surface area contributed by atoms with Crippen molar-refractivity contribution in [3.05, 3.63) is 47.8 Å². The molecule has 0 aliphatic carbocycles. The number of hydrogen-bond donors (Lipinski definition) is 1. The maximum absolute atomic E-state index is 13.0. The van der Waals surface area contributed by atoms with E-state index in [1.54, 1.807) is 12.1 Å². The molecule has 21 heavy (non-hydrogen) atoms. The second-order valence-electron chi connectivity index (χ2n) is 5.74. The molecule has 6 heteroatoms. The lowest BCUT2D eigenvalue weighted by molar-refractivity contribution is -0.129. The van der Waals surface area contributed by atoms with Gasteiger partial charge in [-0.3, -0.25) is 9.89 Å². The minimum absolute atomic E-state index is 0.0394. The third kappa shape index (κ3) is 2.79. The Balaban J connectivity index is 1.69. The molecule has 110 valence electrons. The predicted molar refractivity (Wildman–Crippen MR) is 75.0 cm³/mol. The van der Waals surface area contributed by atoms with Gasteiger partial charge < -0.3 is 4.90 Å². The van der Waals surface area contributed by atoms with E-state index in [4.69, 9.17) is 0 Å². The van der Waals surface area contributed by atoms with Crippen LogP contribution in [0.2, 0.25) is 0 Å². The number of carbonyl (C=O) groups excluding carboxylic acids is 1. The molecule has 1 saturated heterocycles. The summed E-state index contributed by atoms with van der Waals surface area (Å²) in [5, 5.41) is 6.44. The van der Waals surface area contributed by atoms with Crippen molar-refractivity contribution in [3.63, 3.8) is 0 Å². The van der Waals surface area contributed by atoms with E-state index < -0.39 is 0 Å². The Labute approximate surface area is 122 Å². The van der Waals surface area contributed by atoms with Crippen molar-refractivity contribution in [2.75, 3.05) is 13.1 Å². The molecule has 1 aromatic carbocycles. The van der Waals surface area contributed by atoms with Crippen LogP contribution < -0.4 is 0 Å². The molecule has 3 rings (SSSR count). The minimum atomic E-state index is -0.237. The fraction of sp³-hybridized carbons (Fsp3) is 0.400. The van der Waals surface area contributed by atoms with Gasteiger partial charge in [0.1, 0.15) is 18.0 Å². The predicted octanol–water partition coefficient (Wildman–Crippen LogP) is 1.68. The Bertz CT molecular complexity index is 626. The zero-order valence-electron chi connectivity index (χ0n) is 11.8. The zero-order valence-corrected chi connectivity index (χ0v) is 11.8. The number of rotatable bonds is 3. The van der Waals surface area contributed by atoms with E-state index in [1.165, 1.54) is 18.5 Å². The summed E-state index contributed by atoms with van der Waals surface area (Å²) in [5.74, 6) is 0.381. The monoisotopic (exact) mass is 288 g/mol. The van der Waals surface area contributed by atoms with Crippen LogP contribution in [0.3, 0.4) is 0 Å². The largest absolute Gasteiger partial charge is 0.341 e. The van der Waals surface area contributed by atoms with E-state index in [2.05, 4.69) is 22.1 Å². The van der Waals surface area contributed by atoms with Crippen molar-refractivity contribution in [3.8, 4) is 0 Å². The van der Waals surface area contributed by atoms with Crippen molar-refractivity contribution in [1.82, 2.24) is 20.1 Å². The van der Waals surface area contributed by atoms with Gasteiger partial charge in [0.2, 0.25) is 5.91 Å². The van der Waals surface area contributed by atoms with Gasteiger partial charge in [-0.2, -0.15) is 5.10 Å². The van der Waals surface area contributed by atoms with Crippen LogP contribution in [0.15, 0.2) is 30.6 Å². The average Bonchev–Trinajstić information content (AvgIpc) is 3.10. The van der Waals surface area contributed by atoms with Crippen LogP contribution in [0, 0.1) is 5.82 Å². The molecule has 1 aromatic heterocycles. The summed E-state index contributed by atoms with van der Waals surface area (Å²) >= 11 is 0. The molecule has 1 aliphatic heterocycles. The molecule has 1 fully saturated rings. The number of likely N-dealkylation sites (tertiary alicyclic amines) is 1. The fourth-order valence-corrected chi connectivity index (χ4v) is 2.83. The molecule has 0 radical (unpaired) electrons. The van der Waals surface area contributed by atoms with Crippen LogP contribution in [0.1, 0.15) is 24.7 Å². The number of aromatic nitrogens is 3. The summed E-state index contributed by atoms with van der Waals surface area (Å²) in [6.45, 7) is 3.47. The van der Waals surface area contributed by atoms with Gasteiger partial charge in [-0.1, -0.05) is 19.1 Å². The quantitative estimate of drug-likeness (QED) is 0.934. The third-order valence-corrected chi connectivity index (χ3v) is 4.15. The van der Waals surface area contributed by atoms with Gasteiger partial charge in [-0.05, 0) is 24.1 Å². The zero-order chi connectivity index (χ0) is 14.9. The van der Waals surface area contributed by atoms with Crippen molar-refractivity contribution in [2.24, 2.45) is 0 Å². The summed E-state index contributed by atoms with van der Waals surface area (Å²) in [6.07, 6.45) is 2.51. The molecule has 1 unspecified atom stereocenters. The Hall–Kier alpha value is -2.24. The van der Waals surface area contributed by atoms with Crippen LogP contribution in [0.4, 0.5) is 4.39 Å². The lowest BCUT2D eigenvalue weighted by Gasteiger charge is -2.25. The first kappa shape index (κ1) is 13.7. The summed E-state index contributed by atoms with van der Waals surface area (Å²) in [5.41, 5.74) is 0.948. The van der Waals surface area contributed by atoms with Crippen molar-refractivity contribution < 1.29 is 9.18 Å². The third-order valence-electron chi connectivity index (χ3n) is 4.15. The molecule has 1 atom stereocenters. The maximum atomic E-state index is 13.0. The highest BCUT2D eigenvalue weighted by Crippen LogP contribution is 2.34. The highest BCUT2D eigenvalue weighted by Gasteiger charge is 2.37. The first-order chi connectivity index (χ1) is 10.1. The van der Waals surface area contributed by atoms with E-state index in [0.717, 1.165) is 12.0 Å². The van der Waals surface area contributed by atoms with Crippen LogP contribution in [0.25, 0.3) is 0 Å². The van der Waals surface area contributed by atoms with Gasteiger partial charge in [0.05, 0.1) is 6.42 Å². The molecule has 1 amide bonds. The van der Waals surface area contributed by atoms with Gasteiger partial charge in [0.25, 0.3) is 0 Å². The molecule has 5 nitrogen and oxygen atoms in total. The standard InChI is InChI=1S/C15H17FN4O/c1-15(11-2-4-12(16)5-3-11)6-7-20(9-15)14(21)8-13-17-10-18-19-13/h2-5,10H,6-9H2,1H3,(H,17,18,19). The number of hydrogen-bond acceptors (Lipinski definition) is 3. The van der Waals surface area contributed by atoms with Crippen LogP contribution in [-0.4, -0.2) is 39.1 Å². The molecular weight excluding hydrogens is 271 g/mol. The number of benzene rings is 1. The van der Waals surface area contributed by atoms with Gasteiger partial charge >= 0.3 is 0 Å². The van der Waals surface area contributed by atoms with Gasteiger partial charge in [-0.15, -0.1) is 0 Å². The van der Waals surface area contributed by atoms with Gasteiger partial charge in [-0.25, -0.2) is 9.37 Å². The van der Waals surface area contributed by atoms with Crippen LogP contribution >= 0.6 is 0 Å². The van der Waals surface area contributed by atoms with E-state index in [-0.39, 0.29) is 23.6 Å². The molecule has 2 heterocycles. The Kier molecular flexibility index (Phi) is 3.45. The summed E-state index contributed by atoms with van der Waals surface area (Å²) in [6, 6.07) is 6.55. The lowest BCUT2D eigenvalue weighted by Crippen LogP contribution is -2.34. The minimum Gasteiger partial charge on any atom is -0.341 e. The van der Waals surface area contributed by atoms with E-state index in [9.17, 15) is 9.18 Å². The second-order valence-corrected chi connectivity index (χ2v) is 5.74. The number of aromatic amines is 1. The summed E-state index contributed by atoms with van der Waals surface area (Å²) in [4.78, 5) is 18.1. The van der Waals surface area contributed by atoms with Crippen LogP contribution in [0.5, 0.6) is 0 Å². The fourth-order valence-electron chi connectivity index (χ4n) is 2.83. The van der Waals surface area contributed by atoms with E-state index in [1.807, 2.05) is 4.90 Å². The number of carbonyl (C=O) groups is 1. The van der Waals surface area contributed by atoms with Crippen LogP contribution in [-0.2, 0) is 16.6 Å². The first-order valence-corrected chi connectivity index (χ1v) is 6.95. The Morgan fingerprint density at radius 2 is 2.19 bits per heavy atom. The molecular formula is C15H17FN4O. The average molecular weight is 288 g/mol. The SMILES string of the molecule is CC1(c2ccc(F)cc2)CCN(C(=O)Cc2ncn[nH]2)C1. The second kappa shape index (κ2) is 5.27. The summed E-state index contributed by atoms with van der Waals surface area (Å²) in [7, 11) is 0. The normalized spacial score (nSPS) is 21.7. The lowest BCUT2D eigenvalue weighted by atomic mass is 9.82. The molecule has 1 N–H and O–H groups in total. The van der Waals surface area contributed by atoms with E-state index >= 15 is 0 Å². The van der Waals surface area contributed by atoms with Crippen molar-refractivity contribution >= 4 is 5.91 Å². The first-order valence-electron chi connectivity index (χ1n) is 6.95. The molecule has 0 saturated carbocycles. The van der Waals surface area contributed by atoms with Crippen molar-refractivity contribution in [2.45, 2.75) is 25.2 Å². The molecule has 1 aliphatic rings. The number of halogens is 1.